The van der Waals surface area contributed by atoms with E-state index in [0.717, 1.165) is 5.69 Å². The van der Waals surface area contributed by atoms with Crippen LogP contribution >= 0.6 is 0 Å². The average molecular weight is 139 g/mol. The summed E-state index contributed by atoms with van der Waals surface area (Å²) in [7, 11) is 1.53. The van der Waals surface area contributed by atoms with E-state index in [9.17, 15) is 0 Å². The number of nitrogens with one attached hydrogen (secondary N) is 2. The van der Waals surface area contributed by atoms with Crippen LogP contribution in [-0.2, 0) is 4.84 Å². The predicted octanol–water partition coefficient (Wildman–Crippen LogP) is 0.559. The van der Waals surface area contributed by atoms with Gasteiger partial charge in [-0.05, 0) is 12.1 Å². The van der Waals surface area contributed by atoms with Crippen LogP contribution in [0.5, 0.6) is 0 Å². The van der Waals surface area contributed by atoms with Crippen molar-refractivity contribution in [2.75, 3.05) is 12.5 Å². The van der Waals surface area contributed by atoms with Gasteiger partial charge < -0.3 is 0 Å². The van der Waals surface area contributed by atoms with Crippen molar-refractivity contribution in [1.29, 1.82) is 0 Å². The van der Waals surface area contributed by atoms with Crippen LogP contribution in [0.15, 0.2) is 24.5 Å². The number of nitrogens with zero attached hydrogens (tertiary/aromatic N) is 1. The van der Waals surface area contributed by atoms with Crippen LogP contribution in [0.25, 0.3) is 0 Å². The van der Waals surface area contributed by atoms with Crippen molar-refractivity contribution in [3.63, 3.8) is 0 Å². The number of hydrazine groups is 1. The van der Waals surface area contributed by atoms with Gasteiger partial charge in [-0.2, -0.15) is 0 Å². The van der Waals surface area contributed by atoms with Crippen molar-refractivity contribution in [2.24, 2.45) is 0 Å². The lowest BCUT2D eigenvalue weighted by Gasteiger charge is -2.03. The number of anilines is 1. The Bertz CT molecular complexity index is 178. The van der Waals surface area contributed by atoms with Crippen LogP contribution in [0.3, 0.4) is 0 Å². The normalized spacial score (nSPS) is 9.30. The van der Waals surface area contributed by atoms with Gasteiger partial charge in [-0.1, -0.05) is 0 Å². The van der Waals surface area contributed by atoms with Crippen LogP contribution in [0.1, 0.15) is 0 Å². The van der Waals surface area contributed by atoms with Gasteiger partial charge >= 0.3 is 0 Å². The molecule has 1 aromatic heterocycles. The highest BCUT2D eigenvalue weighted by atomic mass is 16.7. The zero-order chi connectivity index (χ0) is 7.23. The lowest BCUT2D eigenvalue weighted by atomic mass is 10.4. The summed E-state index contributed by atoms with van der Waals surface area (Å²) in [4.78, 5) is 8.44. The van der Waals surface area contributed by atoms with Crippen molar-refractivity contribution in [2.45, 2.75) is 0 Å². The molecule has 2 N–H and O–H groups in total. The van der Waals surface area contributed by atoms with E-state index in [1.54, 1.807) is 12.4 Å². The minimum Gasteiger partial charge on any atom is -0.297 e. The topological polar surface area (TPSA) is 46.2 Å². The fourth-order valence-electron chi connectivity index (χ4n) is 0.547. The molecule has 0 bridgehead atoms. The molecule has 0 saturated carbocycles. The molecule has 4 heteroatoms. The number of aromatic nitrogens is 1. The third-order valence-electron chi connectivity index (χ3n) is 0.959. The summed E-state index contributed by atoms with van der Waals surface area (Å²) in [5.41, 5.74) is 6.10. The van der Waals surface area contributed by atoms with Crippen LogP contribution in [-0.4, -0.2) is 12.1 Å². The van der Waals surface area contributed by atoms with Crippen LogP contribution in [0, 0.1) is 0 Å². The van der Waals surface area contributed by atoms with E-state index in [2.05, 4.69) is 20.8 Å². The fourth-order valence-corrected chi connectivity index (χ4v) is 0.547. The highest BCUT2D eigenvalue weighted by Crippen LogP contribution is 1.98. The Morgan fingerprint density at radius 1 is 1.60 bits per heavy atom. The van der Waals surface area contributed by atoms with Gasteiger partial charge in [0, 0.05) is 6.20 Å². The molecular weight excluding hydrogens is 130 g/mol. The van der Waals surface area contributed by atoms with Crippen molar-refractivity contribution in [1.82, 2.24) is 10.6 Å². The Labute approximate surface area is 59.2 Å². The van der Waals surface area contributed by atoms with Crippen LogP contribution in [0.4, 0.5) is 5.69 Å². The zero-order valence-corrected chi connectivity index (χ0v) is 5.66. The Hall–Kier alpha value is -1.13. The molecular formula is C6H9N3O. The maximum atomic E-state index is 4.56. The summed E-state index contributed by atoms with van der Waals surface area (Å²) in [6.45, 7) is 0. The molecule has 0 aliphatic rings. The summed E-state index contributed by atoms with van der Waals surface area (Å²) < 4.78 is 0. The van der Waals surface area contributed by atoms with E-state index in [1.807, 2.05) is 12.1 Å². The first-order valence-corrected chi connectivity index (χ1v) is 2.87. The Kier molecular flexibility index (Phi) is 2.66. The summed E-state index contributed by atoms with van der Waals surface area (Å²) in [6.07, 6.45) is 3.39. The first-order chi connectivity index (χ1) is 4.93. The minimum atomic E-state index is 0.865. The van der Waals surface area contributed by atoms with E-state index in [1.165, 1.54) is 7.11 Å². The van der Waals surface area contributed by atoms with Gasteiger partial charge in [0.2, 0.25) is 0 Å². The van der Waals surface area contributed by atoms with E-state index in [0.29, 0.717) is 0 Å². The molecule has 0 aromatic carbocycles. The number of rotatable bonds is 3. The van der Waals surface area contributed by atoms with Gasteiger partial charge in [0.15, 0.2) is 0 Å². The average Bonchev–Trinajstić information content (AvgIpc) is 2.03. The maximum absolute atomic E-state index is 4.56. The zero-order valence-electron chi connectivity index (χ0n) is 5.66. The third-order valence-corrected chi connectivity index (χ3v) is 0.959. The summed E-state index contributed by atoms with van der Waals surface area (Å²) in [5.74, 6) is 0. The molecule has 0 aliphatic carbocycles. The highest BCUT2D eigenvalue weighted by Gasteiger charge is 1.84. The molecule has 4 nitrogen and oxygen atoms in total. The SMILES string of the molecule is CONNc1cccnc1. The van der Waals surface area contributed by atoms with Gasteiger partial charge in [-0.3, -0.25) is 15.2 Å². The molecule has 0 fully saturated rings. The Morgan fingerprint density at radius 2 is 2.50 bits per heavy atom. The van der Waals surface area contributed by atoms with Crippen molar-refractivity contribution >= 4 is 5.69 Å². The number of hydrogen-bond acceptors (Lipinski definition) is 4. The summed E-state index contributed by atoms with van der Waals surface area (Å²) in [5, 5.41) is 0. The standard InChI is InChI=1S/C6H9N3O/c1-10-9-8-6-3-2-4-7-5-6/h2-5,8-9H,1H3. The van der Waals surface area contributed by atoms with Gasteiger partial charge in [0.1, 0.15) is 0 Å². The fraction of sp³-hybridized carbons (Fsp3) is 0.167. The van der Waals surface area contributed by atoms with Crippen molar-refractivity contribution < 1.29 is 4.84 Å². The van der Waals surface area contributed by atoms with E-state index in [-0.39, 0.29) is 0 Å². The van der Waals surface area contributed by atoms with Gasteiger partial charge in [-0.15, -0.1) is 5.59 Å². The molecule has 0 radical (unpaired) electrons. The second-order valence-electron chi connectivity index (χ2n) is 1.67. The van der Waals surface area contributed by atoms with E-state index >= 15 is 0 Å². The second-order valence-corrected chi connectivity index (χ2v) is 1.67. The molecule has 0 aliphatic heterocycles. The summed E-state index contributed by atoms with van der Waals surface area (Å²) in [6, 6.07) is 3.71. The van der Waals surface area contributed by atoms with Crippen LogP contribution < -0.4 is 11.0 Å². The monoisotopic (exact) mass is 139 g/mol. The molecule has 10 heavy (non-hydrogen) atoms. The number of hydrogen-bond donors (Lipinski definition) is 2. The molecule has 0 spiro atoms. The molecule has 1 rings (SSSR count). The molecule has 54 valence electrons. The smallest absolute Gasteiger partial charge is 0.0693 e. The molecule has 0 atom stereocenters. The quantitative estimate of drug-likeness (QED) is 0.600. The number of pyridine rings is 1. The molecule has 0 saturated heterocycles. The van der Waals surface area contributed by atoms with Gasteiger partial charge in [0.25, 0.3) is 0 Å². The molecule has 1 aromatic rings. The van der Waals surface area contributed by atoms with Crippen molar-refractivity contribution in [3.8, 4) is 0 Å². The third kappa shape index (κ3) is 2.00. The Balaban J connectivity index is 2.43. The first-order valence-electron chi connectivity index (χ1n) is 2.87. The lowest BCUT2D eigenvalue weighted by Crippen LogP contribution is -2.19. The van der Waals surface area contributed by atoms with Crippen molar-refractivity contribution in [3.05, 3.63) is 24.5 Å². The minimum absolute atomic E-state index is 0.865. The lowest BCUT2D eigenvalue weighted by molar-refractivity contribution is 0.111. The van der Waals surface area contributed by atoms with Gasteiger partial charge in [-0.25, -0.2) is 0 Å². The Morgan fingerprint density at radius 3 is 3.10 bits per heavy atom. The predicted molar refractivity (Wildman–Crippen MR) is 38.0 cm³/mol. The van der Waals surface area contributed by atoms with E-state index in [4.69, 9.17) is 0 Å². The first kappa shape index (κ1) is 6.98. The van der Waals surface area contributed by atoms with Gasteiger partial charge in [0.05, 0.1) is 19.0 Å². The maximum Gasteiger partial charge on any atom is 0.0693 e. The van der Waals surface area contributed by atoms with Crippen LogP contribution in [0.2, 0.25) is 0 Å². The molecule has 1 heterocycles. The molecule has 0 amide bonds. The largest absolute Gasteiger partial charge is 0.297 e. The second kappa shape index (κ2) is 3.81. The molecule has 0 unspecified atom stereocenters. The van der Waals surface area contributed by atoms with E-state index < -0.39 is 0 Å². The highest BCUT2D eigenvalue weighted by molar-refractivity contribution is 5.37. The summed E-state index contributed by atoms with van der Waals surface area (Å²) >= 11 is 0.